The van der Waals surface area contributed by atoms with Crippen molar-refractivity contribution in [1.29, 1.82) is 0 Å². The van der Waals surface area contributed by atoms with E-state index in [0.29, 0.717) is 22.5 Å². The molecule has 4 rings (SSSR count). The second-order valence-corrected chi connectivity index (χ2v) is 6.90. The quantitative estimate of drug-likeness (QED) is 0.589. The van der Waals surface area contributed by atoms with Gasteiger partial charge in [-0.05, 0) is 29.8 Å². The topological polar surface area (TPSA) is 133 Å². The first-order valence-corrected chi connectivity index (χ1v) is 8.94. The molecule has 3 amide bonds. The number of urea groups is 1. The zero-order valence-electron chi connectivity index (χ0n) is 15.7. The molecule has 0 spiro atoms. The van der Waals surface area contributed by atoms with E-state index in [4.69, 9.17) is 5.11 Å². The van der Waals surface area contributed by atoms with Crippen molar-refractivity contribution in [2.24, 2.45) is 0 Å². The molecule has 2 N–H and O–H groups in total. The largest absolute Gasteiger partial charge is 0.478 e. The Hall–Kier alpha value is -4.21. The zero-order chi connectivity index (χ0) is 21.6. The van der Waals surface area contributed by atoms with Gasteiger partial charge in [0.1, 0.15) is 0 Å². The molecule has 30 heavy (non-hydrogen) atoms. The first-order chi connectivity index (χ1) is 14.3. The number of carbonyl (C=O) groups is 3. The highest BCUT2D eigenvalue weighted by Gasteiger charge is 2.43. The number of non-ortho nitro benzene ring substituents is 1. The third kappa shape index (κ3) is 3.04. The second kappa shape index (κ2) is 6.99. The Morgan fingerprint density at radius 1 is 1.20 bits per heavy atom. The van der Waals surface area contributed by atoms with Crippen LogP contribution in [0.4, 0.5) is 16.2 Å². The van der Waals surface area contributed by atoms with Gasteiger partial charge in [-0.1, -0.05) is 12.1 Å². The second-order valence-electron chi connectivity index (χ2n) is 6.90. The van der Waals surface area contributed by atoms with Crippen molar-refractivity contribution in [3.8, 4) is 0 Å². The molecule has 0 bridgehead atoms. The summed E-state index contributed by atoms with van der Waals surface area (Å²) in [5.41, 5.74) is 1.66. The number of hydrogen-bond donors (Lipinski definition) is 2. The predicted molar refractivity (Wildman–Crippen MR) is 105 cm³/mol. The molecule has 0 radical (unpaired) electrons. The molecular formula is C20H16N4O6. The first-order valence-electron chi connectivity index (χ1n) is 8.94. The van der Waals surface area contributed by atoms with Crippen LogP contribution in [0.1, 0.15) is 22.0 Å². The van der Waals surface area contributed by atoms with Crippen LogP contribution in [0.25, 0.3) is 0 Å². The molecule has 0 fully saturated rings. The third-order valence-corrected chi connectivity index (χ3v) is 5.20. The number of nitrogens with zero attached hydrogens (tertiary/aromatic N) is 3. The van der Waals surface area contributed by atoms with Gasteiger partial charge in [-0.25, -0.2) is 9.59 Å². The number of carbonyl (C=O) groups excluding carboxylic acids is 2. The fraction of sp³-hybridized carbons (Fsp3) is 0.150. The molecule has 2 heterocycles. The Morgan fingerprint density at radius 2 is 1.90 bits per heavy atom. The molecule has 10 heteroatoms. The number of anilines is 1. The number of amides is 3. The van der Waals surface area contributed by atoms with Crippen LogP contribution in [-0.2, 0) is 4.79 Å². The summed E-state index contributed by atoms with van der Waals surface area (Å²) >= 11 is 0. The fourth-order valence-corrected chi connectivity index (χ4v) is 3.63. The maximum Gasteiger partial charge on any atom is 0.335 e. The lowest BCUT2D eigenvalue weighted by Crippen LogP contribution is -2.45. The van der Waals surface area contributed by atoms with Crippen LogP contribution in [0.3, 0.4) is 0 Å². The van der Waals surface area contributed by atoms with E-state index in [1.165, 1.54) is 52.3 Å². The lowest BCUT2D eigenvalue weighted by atomic mass is 9.95. The highest BCUT2D eigenvalue weighted by atomic mass is 16.6. The minimum absolute atomic E-state index is 0.0894. The summed E-state index contributed by atoms with van der Waals surface area (Å²) in [5, 5.41) is 22.9. The van der Waals surface area contributed by atoms with Crippen molar-refractivity contribution >= 4 is 29.3 Å². The Balaban J connectivity index is 1.73. The number of nitro groups is 1. The molecular weight excluding hydrogens is 392 g/mol. The normalized spacial score (nSPS) is 18.4. The summed E-state index contributed by atoms with van der Waals surface area (Å²) < 4.78 is 0. The van der Waals surface area contributed by atoms with Gasteiger partial charge in [0.25, 0.3) is 11.6 Å². The van der Waals surface area contributed by atoms with Crippen molar-refractivity contribution < 1.29 is 24.4 Å². The van der Waals surface area contributed by atoms with E-state index in [0.717, 1.165) is 0 Å². The monoisotopic (exact) mass is 408 g/mol. The highest BCUT2D eigenvalue weighted by molar-refractivity contribution is 6.11. The maximum absolute atomic E-state index is 13.3. The summed E-state index contributed by atoms with van der Waals surface area (Å²) in [6.07, 6.45) is 0. The molecule has 0 saturated heterocycles. The number of hydrogen-bond acceptors (Lipinski definition) is 5. The molecule has 0 saturated carbocycles. The molecule has 2 aromatic carbocycles. The van der Waals surface area contributed by atoms with E-state index in [9.17, 15) is 24.5 Å². The van der Waals surface area contributed by atoms with Crippen molar-refractivity contribution in [3.63, 3.8) is 0 Å². The number of likely N-dealkylation sites (N-methyl/N-ethyl adjacent to an activating group) is 1. The molecule has 2 aliphatic heterocycles. The maximum atomic E-state index is 13.3. The van der Waals surface area contributed by atoms with Crippen molar-refractivity contribution in [3.05, 3.63) is 81.0 Å². The van der Waals surface area contributed by atoms with Gasteiger partial charge in [0.2, 0.25) is 0 Å². The van der Waals surface area contributed by atoms with Crippen molar-refractivity contribution in [1.82, 2.24) is 10.2 Å². The van der Waals surface area contributed by atoms with Crippen LogP contribution >= 0.6 is 0 Å². The van der Waals surface area contributed by atoms with Gasteiger partial charge < -0.3 is 15.3 Å². The molecule has 0 unspecified atom stereocenters. The Morgan fingerprint density at radius 3 is 2.53 bits per heavy atom. The van der Waals surface area contributed by atoms with E-state index < -0.39 is 23.0 Å². The molecule has 0 aromatic heterocycles. The van der Waals surface area contributed by atoms with Crippen LogP contribution in [0.5, 0.6) is 0 Å². The van der Waals surface area contributed by atoms with Gasteiger partial charge in [-0.3, -0.25) is 19.8 Å². The van der Waals surface area contributed by atoms with E-state index in [1.54, 1.807) is 13.1 Å². The number of nitro benzene ring substituents is 1. The molecule has 1 atom stereocenters. The van der Waals surface area contributed by atoms with E-state index >= 15 is 0 Å². The Bertz CT molecular complexity index is 1120. The lowest BCUT2D eigenvalue weighted by Gasteiger charge is -2.30. The summed E-state index contributed by atoms with van der Waals surface area (Å²) in [6.45, 7) is 0.121. The average Bonchev–Trinajstić information content (AvgIpc) is 3.08. The van der Waals surface area contributed by atoms with Gasteiger partial charge in [-0.15, -0.1) is 0 Å². The Kier molecular flexibility index (Phi) is 4.46. The summed E-state index contributed by atoms with van der Waals surface area (Å²) in [4.78, 5) is 50.2. The number of carboxylic acid groups (broad SMARTS) is 1. The van der Waals surface area contributed by atoms with E-state index in [2.05, 4.69) is 5.32 Å². The van der Waals surface area contributed by atoms with E-state index in [-0.39, 0.29) is 23.7 Å². The average molecular weight is 408 g/mol. The molecule has 152 valence electrons. The summed E-state index contributed by atoms with van der Waals surface area (Å²) in [5.74, 6) is -1.44. The van der Waals surface area contributed by atoms with Crippen LogP contribution in [-0.4, -0.2) is 46.4 Å². The number of benzene rings is 2. The van der Waals surface area contributed by atoms with Crippen LogP contribution in [0, 0.1) is 10.1 Å². The van der Waals surface area contributed by atoms with Crippen molar-refractivity contribution in [2.75, 3.05) is 18.5 Å². The highest BCUT2D eigenvalue weighted by Crippen LogP contribution is 2.38. The first kappa shape index (κ1) is 19.1. The number of rotatable bonds is 4. The predicted octanol–water partition coefficient (Wildman–Crippen LogP) is 2.29. The van der Waals surface area contributed by atoms with Gasteiger partial charge in [0.15, 0.2) is 0 Å². The van der Waals surface area contributed by atoms with Gasteiger partial charge in [0.05, 0.1) is 34.3 Å². The SMILES string of the molecule is CN1C(=O)N[C@@H](c2cccc([N+](=O)[O-])c2)C2=C1CN(c1ccc(C(=O)O)cc1)C2=O. The lowest BCUT2D eigenvalue weighted by molar-refractivity contribution is -0.384. The molecule has 2 aliphatic rings. The number of nitrogens with one attached hydrogen (secondary N) is 1. The van der Waals surface area contributed by atoms with Crippen molar-refractivity contribution in [2.45, 2.75) is 6.04 Å². The Labute approximate surface area is 170 Å². The number of aromatic carboxylic acids is 1. The van der Waals surface area contributed by atoms with Gasteiger partial charge in [0, 0.05) is 24.9 Å². The molecule has 10 nitrogen and oxygen atoms in total. The minimum Gasteiger partial charge on any atom is -0.478 e. The smallest absolute Gasteiger partial charge is 0.335 e. The van der Waals surface area contributed by atoms with Gasteiger partial charge in [-0.2, -0.15) is 0 Å². The zero-order valence-corrected chi connectivity index (χ0v) is 15.7. The number of carboxylic acids is 1. The van der Waals surface area contributed by atoms with Crippen LogP contribution < -0.4 is 10.2 Å². The standard InChI is InChI=1S/C20H16N4O6/c1-22-15-10-23(13-7-5-11(6-8-13)19(26)27)18(25)16(15)17(21-20(22)28)12-3-2-4-14(9-12)24(29)30/h2-9,17H,10H2,1H3,(H,21,28)(H,26,27)/t17-/m0/s1. The van der Waals surface area contributed by atoms with Crippen LogP contribution in [0.15, 0.2) is 59.8 Å². The van der Waals surface area contributed by atoms with Crippen LogP contribution in [0.2, 0.25) is 0 Å². The molecule has 0 aliphatic carbocycles. The molecule has 2 aromatic rings. The van der Waals surface area contributed by atoms with Gasteiger partial charge >= 0.3 is 12.0 Å². The summed E-state index contributed by atoms with van der Waals surface area (Å²) in [6, 6.07) is 10.4. The minimum atomic E-state index is -1.08. The third-order valence-electron chi connectivity index (χ3n) is 5.20. The van der Waals surface area contributed by atoms with E-state index in [1.807, 2.05) is 0 Å². The summed E-state index contributed by atoms with van der Waals surface area (Å²) in [7, 11) is 1.54. The fourth-order valence-electron chi connectivity index (χ4n) is 3.63.